The second kappa shape index (κ2) is 13.7. The van der Waals surface area contributed by atoms with Gasteiger partial charge < -0.3 is 35.6 Å². The lowest BCUT2D eigenvalue weighted by molar-refractivity contribution is -0.138. The van der Waals surface area contributed by atoms with Crippen molar-refractivity contribution >= 4 is 35.0 Å². The fourth-order valence-corrected chi connectivity index (χ4v) is 4.73. The van der Waals surface area contributed by atoms with Gasteiger partial charge in [0.05, 0.1) is 23.4 Å². The Labute approximate surface area is 259 Å². The normalized spacial score (nSPS) is 14.2. The molecule has 3 aromatic rings. The summed E-state index contributed by atoms with van der Waals surface area (Å²) in [6.45, 7) is 3.75. The standard InChI is InChI=1S/C30H29F6N5O5/c1-3-45-24(46-4-2)17-41-23-8-6-5-7-22(23)28(25(41)42,39-26(43)37-20-13-9-18(10-14-20)29(31,32)33)40-27(44)38-21-15-11-19(12-16-21)30(34,35)36/h5-16,24H,3-4,17H2,1-2H3,(H2,37,39,43)(H2,38,40,44). The average molecular weight is 654 g/mol. The lowest BCUT2D eigenvalue weighted by atomic mass is 10.0. The maximum Gasteiger partial charge on any atom is 0.416 e. The minimum Gasteiger partial charge on any atom is -0.351 e. The smallest absolute Gasteiger partial charge is 0.351 e. The molecule has 1 heterocycles. The number of carbonyl (C=O) groups is 3. The number of amides is 5. The van der Waals surface area contributed by atoms with E-state index in [0.717, 1.165) is 48.5 Å². The lowest BCUT2D eigenvalue weighted by Gasteiger charge is -2.31. The van der Waals surface area contributed by atoms with Crippen LogP contribution in [-0.4, -0.2) is 44.0 Å². The van der Waals surface area contributed by atoms with Crippen molar-refractivity contribution in [3.8, 4) is 0 Å². The maximum absolute atomic E-state index is 14.2. The van der Waals surface area contributed by atoms with E-state index in [1.807, 2.05) is 0 Å². The highest BCUT2D eigenvalue weighted by molar-refractivity contribution is 6.12. The number of nitrogens with one attached hydrogen (secondary N) is 4. The fourth-order valence-electron chi connectivity index (χ4n) is 4.73. The van der Waals surface area contributed by atoms with Crippen LogP contribution in [0.2, 0.25) is 0 Å². The highest BCUT2D eigenvalue weighted by Gasteiger charge is 2.54. The molecule has 4 rings (SSSR count). The molecule has 246 valence electrons. The second-order valence-electron chi connectivity index (χ2n) is 9.83. The van der Waals surface area contributed by atoms with Crippen LogP contribution in [0.5, 0.6) is 0 Å². The molecule has 0 fully saturated rings. The Morgan fingerprint density at radius 1 is 0.739 bits per heavy atom. The number of hydrogen-bond acceptors (Lipinski definition) is 5. The quantitative estimate of drug-likeness (QED) is 0.152. The van der Waals surface area contributed by atoms with Crippen molar-refractivity contribution in [3.05, 3.63) is 89.5 Å². The Morgan fingerprint density at radius 2 is 1.17 bits per heavy atom. The first-order chi connectivity index (χ1) is 21.7. The molecule has 3 aromatic carbocycles. The van der Waals surface area contributed by atoms with Gasteiger partial charge in [-0.2, -0.15) is 26.3 Å². The summed E-state index contributed by atoms with van der Waals surface area (Å²) in [6, 6.07) is 11.0. The summed E-state index contributed by atoms with van der Waals surface area (Å²) in [7, 11) is 0. The largest absolute Gasteiger partial charge is 0.416 e. The number of benzene rings is 3. The van der Waals surface area contributed by atoms with Crippen molar-refractivity contribution in [1.82, 2.24) is 10.6 Å². The zero-order valence-corrected chi connectivity index (χ0v) is 24.4. The van der Waals surface area contributed by atoms with Crippen molar-refractivity contribution in [2.45, 2.75) is 38.2 Å². The molecule has 0 unspecified atom stereocenters. The molecular formula is C30H29F6N5O5. The van der Waals surface area contributed by atoms with E-state index < -0.39 is 53.4 Å². The number of halogens is 6. The van der Waals surface area contributed by atoms with Gasteiger partial charge in [-0.1, -0.05) is 18.2 Å². The minimum absolute atomic E-state index is 0.0572. The molecule has 1 aliphatic heterocycles. The molecule has 0 atom stereocenters. The third-order valence-electron chi connectivity index (χ3n) is 6.74. The molecule has 10 nitrogen and oxygen atoms in total. The fraction of sp³-hybridized carbons (Fsp3) is 0.300. The zero-order valence-electron chi connectivity index (χ0n) is 24.4. The lowest BCUT2D eigenvalue weighted by Crippen LogP contribution is -2.65. The van der Waals surface area contributed by atoms with Gasteiger partial charge >= 0.3 is 24.4 Å². The van der Waals surface area contributed by atoms with Gasteiger partial charge in [-0.15, -0.1) is 0 Å². The van der Waals surface area contributed by atoms with E-state index in [2.05, 4.69) is 21.3 Å². The van der Waals surface area contributed by atoms with Gasteiger partial charge in [-0.25, -0.2) is 9.59 Å². The number of alkyl halides is 6. The molecule has 46 heavy (non-hydrogen) atoms. The van der Waals surface area contributed by atoms with Crippen LogP contribution in [0.3, 0.4) is 0 Å². The first kappa shape index (κ1) is 34.1. The van der Waals surface area contributed by atoms with E-state index >= 15 is 0 Å². The van der Waals surface area contributed by atoms with Gasteiger partial charge in [0.2, 0.25) is 5.66 Å². The van der Waals surface area contributed by atoms with Crippen LogP contribution in [0, 0.1) is 0 Å². The first-order valence-corrected chi connectivity index (χ1v) is 13.9. The Hall–Kier alpha value is -4.83. The average Bonchev–Trinajstić information content (AvgIpc) is 3.19. The van der Waals surface area contributed by atoms with Gasteiger partial charge in [-0.05, 0) is 68.4 Å². The molecule has 5 amide bonds. The third kappa shape index (κ3) is 7.69. The molecule has 0 aliphatic carbocycles. The maximum atomic E-state index is 14.2. The van der Waals surface area contributed by atoms with E-state index in [-0.39, 0.29) is 42.4 Å². The molecule has 16 heteroatoms. The summed E-state index contributed by atoms with van der Waals surface area (Å²) >= 11 is 0. The van der Waals surface area contributed by atoms with Gasteiger partial charge in [-0.3, -0.25) is 4.79 Å². The van der Waals surface area contributed by atoms with Gasteiger partial charge in [0.15, 0.2) is 6.29 Å². The summed E-state index contributed by atoms with van der Waals surface area (Å²) in [4.78, 5) is 42.0. The Morgan fingerprint density at radius 3 is 1.59 bits per heavy atom. The van der Waals surface area contributed by atoms with Crippen molar-refractivity contribution in [1.29, 1.82) is 0 Å². The predicted octanol–water partition coefficient (Wildman–Crippen LogP) is 6.27. The Bertz CT molecular complexity index is 1470. The Balaban J connectivity index is 1.67. The predicted molar refractivity (Wildman–Crippen MR) is 155 cm³/mol. The number of anilines is 3. The number of rotatable bonds is 10. The summed E-state index contributed by atoms with van der Waals surface area (Å²) in [6.07, 6.45) is -10.1. The second-order valence-corrected chi connectivity index (χ2v) is 9.83. The number of hydrogen-bond donors (Lipinski definition) is 4. The highest BCUT2D eigenvalue weighted by atomic mass is 19.4. The Kier molecular flexibility index (Phi) is 10.1. The first-order valence-electron chi connectivity index (χ1n) is 13.9. The summed E-state index contributed by atoms with van der Waals surface area (Å²) in [5.41, 5.74) is -3.95. The van der Waals surface area contributed by atoms with Gasteiger partial charge in [0.1, 0.15) is 0 Å². The van der Waals surface area contributed by atoms with Crippen LogP contribution >= 0.6 is 0 Å². The van der Waals surface area contributed by atoms with Gasteiger partial charge in [0, 0.05) is 30.2 Å². The molecule has 1 aliphatic rings. The molecule has 0 aromatic heterocycles. The van der Waals surface area contributed by atoms with Crippen molar-refractivity contribution in [2.75, 3.05) is 35.3 Å². The summed E-state index contributed by atoms with van der Waals surface area (Å²) in [5, 5.41) is 9.57. The van der Waals surface area contributed by atoms with E-state index in [9.17, 15) is 40.7 Å². The van der Waals surface area contributed by atoms with Crippen LogP contribution in [0.25, 0.3) is 0 Å². The van der Waals surface area contributed by atoms with Crippen LogP contribution in [0.15, 0.2) is 72.8 Å². The SMILES string of the molecule is CCOC(CN1C(=O)C(NC(=O)Nc2ccc(C(F)(F)F)cc2)(NC(=O)Nc2ccc(C(F)(F)F)cc2)c2ccccc21)OCC. The molecule has 0 bridgehead atoms. The van der Waals surface area contributed by atoms with Crippen LogP contribution in [-0.2, 0) is 32.3 Å². The van der Waals surface area contributed by atoms with E-state index in [1.165, 1.54) is 17.0 Å². The molecule has 0 saturated heterocycles. The number of nitrogens with zero attached hydrogens (tertiary/aromatic N) is 1. The van der Waals surface area contributed by atoms with E-state index in [4.69, 9.17) is 9.47 Å². The van der Waals surface area contributed by atoms with Crippen molar-refractivity contribution < 1.29 is 50.2 Å². The number of urea groups is 2. The van der Waals surface area contributed by atoms with Crippen molar-refractivity contribution in [2.24, 2.45) is 0 Å². The monoisotopic (exact) mass is 653 g/mol. The third-order valence-corrected chi connectivity index (χ3v) is 6.74. The molecule has 0 spiro atoms. The minimum atomic E-state index is -4.61. The van der Waals surface area contributed by atoms with E-state index in [0.29, 0.717) is 0 Å². The number of ether oxygens (including phenoxy) is 2. The van der Waals surface area contributed by atoms with Crippen LogP contribution in [0.4, 0.5) is 53.0 Å². The van der Waals surface area contributed by atoms with E-state index in [1.54, 1.807) is 26.0 Å². The number of carbonyl (C=O) groups excluding carboxylic acids is 3. The summed E-state index contributed by atoms with van der Waals surface area (Å²) < 4.78 is 89.2. The number of para-hydroxylation sites is 1. The molecule has 0 saturated carbocycles. The van der Waals surface area contributed by atoms with Crippen molar-refractivity contribution in [3.63, 3.8) is 0 Å². The molecule has 4 N–H and O–H groups in total. The highest BCUT2D eigenvalue weighted by Crippen LogP contribution is 2.39. The van der Waals surface area contributed by atoms with Gasteiger partial charge in [0.25, 0.3) is 5.91 Å². The van der Waals surface area contributed by atoms with Crippen LogP contribution in [0.1, 0.15) is 30.5 Å². The topological polar surface area (TPSA) is 121 Å². The summed E-state index contributed by atoms with van der Waals surface area (Å²) in [5.74, 6) is -0.858. The molecule has 0 radical (unpaired) electrons. The number of fused-ring (bicyclic) bond motifs is 1. The zero-order chi connectivity index (χ0) is 33.7. The molecular weight excluding hydrogens is 624 g/mol. The van der Waals surface area contributed by atoms with Crippen LogP contribution < -0.4 is 26.2 Å².